The van der Waals surface area contributed by atoms with Gasteiger partial charge in [0.1, 0.15) is 0 Å². The predicted molar refractivity (Wildman–Crippen MR) is 82.5 cm³/mol. The lowest BCUT2D eigenvalue weighted by molar-refractivity contribution is 0.0985. The Morgan fingerprint density at radius 2 is 1.86 bits per heavy atom. The van der Waals surface area contributed by atoms with Crippen LogP contribution in [0, 0.1) is 0 Å². The quantitative estimate of drug-likeness (QED) is 0.686. The largest absolute Gasteiger partial charge is 0.306 e. The Hall–Kier alpha value is -2.62. The summed E-state index contributed by atoms with van der Waals surface area (Å²) in [6, 6.07) is 15.9. The van der Waals surface area contributed by atoms with E-state index >= 15 is 0 Å². The molecule has 0 aliphatic carbocycles. The van der Waals surface area contributed by atoms with Crippen molar-refractivity contribution in [1.29, 1.82) is 0 Å². The summed E-state index contributed by atoms with van der Waals surface area (Å²) in [6.45, 7) is 0.725. The van der Waals surface area contributed by atoms with Crippen LogP contribution in [0.2, 0.25) is 0 Å². The monoisotopic (exact) mass is 277 g/mol. The fourth-order valence-corrected chi connectivity index (χ4v) is 3.05. The number of aryl methyl sites for hydroxylation is 1. The molecule has 4 nitrogen and oxygen atoms in total. The van der Waals surface area contributed by atoms with Crippen LogP contribution in [0.4, 0.5) is 5.69 Å². The third-order valence-corrected chi connectivity index (χ3v) is 4.09. The van der Waals surface area contributed by atoms with Crippen LogP contribution in [0.15, 0.2) is 48.5 Å². The second-order valence-corrected chi connectivity index (χ2v) is 5.32. The third kappa shape index (κ3) is 1.76. The Balaban J connectivity index is 1.82. The molecule has 2 aromatic carbocycles. The van der Waals surface area contributed by atoms with Crippen LogP contribution in [-0.2, 0) is 13.5 Å². The van der Waals surface area contributed by atoms with Gasteiger partial charge in [0.05, 0.1) is 5.52 Å². The molecule has 0 saturated carbocycles. The van der Waals surface area contributed by atoms with Gasteiger partial charge in [0.2, 0.25) is 0 Å². The number of hydrogen-bond donors (Lipinski definition) is 0. The Morgan fingerprint density at radius 1 is 1.10 bits per heavy atom. The van der Waals surface area contributed by atoms with Crippen molar-refractivity contribution in [2.24, 2.45) is 7.05 Å². The number of para-hydroxylation sites is 2. The van der Waals surface area contributed by atoms with Gasteiger partial charge >= 0.3 is 0 Å². The summed E-state index contributed by atoms with van der Waals surface area (Å²) < 4.78 is 1.77. The van der Waals surface area contributed by atoms with Gasteiger partial charge in [-0.25, -0.2) is 0 Å². The zero-order valence-corrected chi connectivity index (χ0v) is 11.8. The molecule has 0 fully saturated rings. The van der Waals surface area contributed by atoms with Gasteiger partial charge < -0.3 is 4.90 Å². The highest BCUT2D eigenvalue weighted by molar-refractivity contribution is 6.13. The number of aromatic nitrogens is 2. The molecule has 1 aliphatic heterocycles. The van der Waals surface area contributed by atoms with Gasteiger partial charge in [0.15, 0.2) is 5.69 Å². The number of anilines is 1. The SMILES string of the molecule is Cn1nc(C(=O)N2CCc3ccccc32)c2ccccc21. The molecule has 1 aromatic heterocycles. The van der Waals surface area contributed by atoms with E-state index in [-0.39, 0.29) is 5.91 Å². The number of benzene rings is 2. The molecule has 0 radical (unpaired) electrons. The summed E-state index contributed by atoms with van der Waals surface area (Å²) in [4.78, 5) is 14.7. The van der Waals surface area contributed by atoms with Gasteiger partial charge in [-0.05, 0) is 24.1 Å². The standard InChI is InChI=1S/C17H15N3O/c1-19-15-9-5-3-7-13(15)16(18-19)17(21)20-11-10-12-6-2-4-8-14(12)20/h2-9H,10-11H2,1H3. The maximum absolute atomic E-state index is 12.9. The highest BCUT2D eigenvalue weighted by Gasteiger charge is 2.28. The van der Waals surface area contributed by atoms with Crippen molar-refractivity contribution in [3.63, 3.8) is 0 Å². The zero-order valence-electron chi connectivity index (χ0n) is 11.8. The molecule has 4 rings (SSSR count). The van der Waals surface area contributed by atoms with Crippen molar-refractivity contribution in [2.45, 2.75) is 6.42 Å². The van der Waals surface area contributed by atoms with Gasteiger partial charge in [0.25, 0.3) is 5.91 Å². The van der Waals surface area contributed by atoms with Crippen LogP contribution in [0.25, 0.3) is 10.9 Å². The number of hydrogen-bond acceptors (Lipinski definition) is 2. The highest BCUT2D eigenvalue weighted by atomic mass is 16.2. The van der Waals surface area contributed by atoms with Crippen molar-refractivity contribution in [3.8, 4) is 0 Å². The number of nitrogens with zero attached hydrogens (tertiary/aromatic N) is 3. The molecule has 0 N–H and O–H groups in total. The fourth-order valence-electron chi connectivity index (χ4n) is 3.05. The van der Waals surface area contributed by atoms with Crippen LogP contribution in [-0.4, -0.2) is 22.2 Å². The molecular weight excluding hydrogens is 262 g/mol. The molecule has 2 heterocycles. The lowest BCUT2D eigenvalue weighted by Gasteiger charge is -2.16. The van der Waals surface area contributed by atoms with Gasteiger partial charge in [-0.3, -0.25) is 9.48 Å². The molecule has 0 unspecified atom stereocenters. The molecule has 0 spiro atoms. The van der Waals surface area contributed by atoms with Crippen LogP contribution >= 0.6 is 0 Å². The molecule has 21 heavy (non-hydrogen) atoms. The van der Waals surface area contributed by atoms with E-state index in [4.69, 9.17) is 0 Å². The lowest BCUT2D eigenvalue weighted by atomic mass is 10.1. The van der Waals surface area contributed by atoms with E-state index in [9.17, 15) is 4.79 Å². The maximum Gasteiger partial charge on any atom is 0.279 e. The van der Waals surface area contributed by atoms with Crippen molar-refractivity contribution in [3.05, 3.63) is 59.8 Å². The number of carbonyl (C=O) groups excluding carboxylic acids is 1. The average Bonchev–Trinajstić information content (AvgIpc) is 3.09. The third-order valence-electron chi connectivity index (χ3n) is 4.09. The highest BCUT2D eigenvalue weighted by Crippen LogP contribution is 2.30. The van der Waals surface area contributed by atoms with E-state index in [1.807, 2.05) is 54.4 Å². The van der Waals surface area contributed by atoms with Gasteiger partial charge in [-0.2, -0.15) is 5.10 Å². The molecule has 0 saturated heterocycles. The van der Waals surface area contributed by atoms with Crippen LogP contribution < -0.4 is 4.90 Å². The fraction of sp³-hybridized carbons (Fsp3) is 0.176. The summed E-state index contributed by atoms with van der Waals surface area (Å²) in [5.74, 6) is -0.0169. The van der Waals surface area contributed by atoms with Gasteiger partial charge in [0, 0.05) is 24.7 Å². The number of amides is 1. The first kappa shape index (κ1) is 12.1. The lowest BCUT2D eigenvalue weighted by Crippen LogP contribution is -2.29. The van der Waals surface area contributed by atoms with E-state index in [0.29, 0.717) is 5.69 Å². The molecule has 1 amide bonds. The van der Waals surface area contributed by atoms with E-state index < -0.39 is 0 Å². The predicted octanol–water partition coefficient (Wildman–Crippen LogP) is 2.78. The summed E-state index contributed by atoms with van der Waals surface area (Å²) >= 11 is 0. The zero-order chi connectivity index (χ0) is 14.4. The summed E-state index contributed by atoms with van der Waals surface area (Å²) in [5.41, 5.74) is 3.75. The second-order valence-electron chi connectivity index (χ2n) is 5.32. The average molecular weight is 277 g/mol. The first-order valence-electron chi connectivity index (χ1n) is 7.07. The minimum atomic E-state index is -0.0169. The molecule has 104 valence electrons. The van der Waals surface area contributed by atoms with Crippen molar-refractivity contribution in [1.82, 2.24) is 9.78 Å². The minimum Gasteiger partial charge on any atom is -0.306 e. The molecule has 0 atom stereocenters. The minimum absolute atomic E-state index is 0.0169. The Kier molecular flexibility index (Phi) is 2.57. The number of rotatable bonds is 1. The van der Waals surface area contributed by atoms with Crippen LogP contribution in [0.5, 0.6) is 0 Å². The first-order chi connectivity index (χ1) is 10.3. The van der Waals surface area contributed by atoms with E-state index in [1.54, 1.807) is 4.68 Å². The topological polar surface area (TPSA) is 38.1 Å². The molecule has 1 aliphatic rings. The first-order valence-corrected chi connectivity index (χ1v) is 7.07. The summed E-state index contributed by atoms with van der Waals surface area (Å²) in [7, 11) is 1.87. The van der Waals surface area contributed by atoms with Crippen molar-refractivity contribution in [2.75, 3.05) is 11.4 Å². The van der Waals surface area contributed by atoms with Crippen LogP contribution in [0.1, 0.15) is 16.1 Å². The number of carbonyl (C=O) groups is 1. The smallest absolute Gasteiger partial charge is 0.279 e. The van der Waals surface area contributed by atoms with Crippen molar-refractivity contribution < 1.29 is 4.79 Å². The van der Waals surface area contributed by atoms with E-state index in [2.05, 4.69) is 11.2 Å². The maximum atomic E-state index is 12.9. The number of fused-ring (bicyclic) bond motifs is 2. The Bertz CT molecular complexity index is 850. The Labute approximate surface area is 122 Å². The summed E-state index contributed by atoms with van der Waals surface area (Å²) in [6.07, 6.45) is 0.909. The molecular formula is C17H15N3O. The molecule has 0 bridgehead atoms. The van der Waals surface area contributed by atoms with Crippen molar-refractivity contribution >= 4 is 22.5 Å². The normalized spacial score (nSPS) is 13.7. The van der Waals surface area contributed by atoms with Crippen LogP contribution in [0.3, 0.4) is 0 Å². The summed E-state index contributed by atoms with van der Waals surface area (Å²) in [5, 5.41) is 5.34. The molecule has 3 aromatic rings. The Morgan fingerprint density at radius 3 is 2.76 bits per heavy atom. The van der Waals surface area contributed by atoms with E-state index in [1.165, 1.54) is 5.56 Å². The van der Waals surface area contributed by atoms with Gasteiger partial charge in [-0.1, -0.05) is 36.4 Å². The van der Waals surface area contributed by atoms with E-state index in [0.717, 1.165) is 29.6 Å². The molecule has 4 heteroatoms. The second kappa shape index (κ2) is 4.45. The van der Waals surface area contributed by atoms with Gasteiger partial charge in [-0.15, -0.1) is 0 Å².